The van der Waals surface area contributed by atoms with Gasteiger partial charge in [0.05, 0.1) is 25.3 Å². The molecule has 0 aliphatic carbocycles. The zero-order valence-electron chi connectivity index (χ0n) is 10.5. The Bertz CT molecular complexity index is 601. The SMILES string of the molecule is N=C(N)c1ccnc2nc(CN3CCOCC3)[nH]c12. The molecule has 3 rings (SSSR count). The van der Waals surface area contributed by atoms with E-state index < -0.39 is 0 Å². The van der Waals surface area contributed by atoms with Crippen molar-refractivity contribution >= 4 is 17.0 Å². The van der Waals surface area contributed by atoms with E-state index in [1.54, 1.807) is 12.3 Å². The van der Waals surface area contributed by atoms with E-state index in [4.69, 9.17) is 15.9 Å². The smallest absolute Gasteiger partial charge is 0.178 e. The van der Waals surface area contributed by atoms with Crippen molar-refractivity contribution in [2.75, 3.05) is 26.3 Å². The van der Waals surface area contributed by atoms with Crippen LogP contribution < -0.4 is 5.73 Å². The average Bonchev–Trinajstić information content (AvgIpc) is 2.81. The quantitative estimate of drug-likeness (QED) is 0.535. The van der Waals surface area contributed by atoms with Crippen molar-refractivity contribution < 1.29 is 4.74 Å². The van der Waals surface area contributed by atoms with Gasteiger partial charge in [0.1, 0.15) is 11.7 Å². The molecule has 7 heteroatoms. The molecular weight excluding hydrogens is 244 g/mol. The number of nitrogen functional groups attached to an aromatic ring is 1. The third-order valence-electron chi connectivity index (χ3n) is 3.21. The fourth-order valence-corrected chi connectivity index (χ4v) is 2.23. The number of hydrogen-bond donors (Lipinski definition) is 3. The Kier molecular flexibility index (Phi) is 3.14. The van der Waals surface area contributed by atoms with Crippen molar-refractivity contribution in [1.29, 1.82) is 5.41 Å². The van der Waals surface area contributed by atoms with E-state index in [0.717, 1.165) is 44.2 Å². The molecule has 3 heterocycles. The lowest BCUT2D eigenvalue weighted by atomic mass is 10.2. The lowest BCUT2D eigenvalue weighted by molar-refractivity contribution is 0.0332. The molecule has 100 valence electrons. The predicted octanol–water partition coefficient (Wildman–Crippen LogP) is 0.0742. The van der Waals surface area contributed by atoms with Gasteiger partial charge in [0.2, 0.25) is 0 Å². The van der Waals surface area contributed by atoms with Crippen LogP contribution in [0.5, 0.6) is 0 Å². The summed E-state index contributed by atoms with van der Waals surface area (Å²) >= 11 is 0. The van der Waals surface area contributed by atoms with Crippen LogP contribution in [0.3, 0.4) is 0 Å². The summed E-state index contributed by atoms with van der Waals surface area (Å²) in [6, 6.07) is 1.72. The Labute approximate surface area is 110 Å². The molecule has 1 aliphatic rings. The fraction of sp³-hybridized carbons (Fsp3) is 0.417. The summed E-state index contributed by atoms with van der Waals surface area (Å²) in [4.78, 5) is 14.1. The molecule has 0 spiro atoms. The zero-order valence-corrected chi connectivity index (χ0v) is 10.5. The van der Waals surface area contributed by atoms with E-state index in [9.17, 15) is 0 Å². The number of fused-ring (bicyclic) bond motifs is 1. The van der Waals surface area contributed by atoms with Crippen LogP contribution >= 0.6 is 0 Å². The van der Waals surface area contributed by atoms with Crippen LogP contribution in [-0.2, 0) is 11.3 Å². The minimum absolute atomic E-state index is 0.0222. The number of nitrogens with two attached hydrogens (primary N) is 1. The summed E-state index contributed by atoms with van der Waals surface area (Å²) in [6.45, 7) is 4.07. The third kappa shape index (κ3) is 2.42. The van der Waals surface area contributed by atoms with Gasteiger partial charge in [-0.1, -0.05) is 0 Å². The first-order valence-electron chi connectivity index (χ1n) is 6.22. The molecule has 4 N–H and O–H groups in total. The van der Waals surface area contributed by atoms with Gasteiger partial charge in [-0.2, -0.15) is 0 Å². The second-order valence-electron chi connectivity index (χ2n) is 4.54. The maximum absolute atomic E-state index is 7.55. The van der Waals surface area contributed by atoms with Crippen LogP contribution in [-0.4, -0.2) is 52.0 Å². The van der Waals surface area contributed by atoms with Crippen molar-refractivity contribution in [3.63, 3.8) is 0 Å². The first-order chi connectivity index (χ1) is 9.24. The molecule has 0 unspecified atom stereocenters. The number of H-pyrrole nitrogens is 1. The highest BCUT2D eigenvalue weighted by Crippen LogP contribution is 2.15. The number of imidazole rings is 1. The Morgan fingerprint density at radius 1 is 1.47 bits per heavy atom. The van der Waals surface area contributed by atoms with Crippen LogP contribution in [0.15, 0.2) is 12.3 Å². The van der Waals surface area contributed by atoms with Crippen molar-refractivity contribution in [1.82, 2.24) is 19.9 Å². The fourth-order valence-electron chi connectivity index (χ4n) is 2.23. The molecule has 0 aromatic carbocycles. The summed E-state index contributed by atoms with van der Waals surface area (Å²) in [7, 11) is 0. The number of rotatable bonds is 3. The number of amidine groups is 1. The highest BCUT2D eigenvalue weighted by Gasteiger charge is 2.15. The molecule has 7 nitrogen and oxygen atoms in total. The second-order valence-corrected chi connectivity index (χ2v) is 4.54. The van der Waals surface area contributed by atoms with E-state index in [0.29, 0.717) is 11.2 Å². The summed E-state index contributed by atoms with van der Waals surface area (Å²) in [5, 5.41) is 7.55. The number of nitrogens with one attached hydrogen (secondary N) is 2. The topological polar surface area (TPSA) is 104 Å². The first-order valence-corrected chi connectivity index (χ1v) is 6.22. The molecule has 2 aromatic rings. The Morgan fingerprint density at radius 3 is 3.00 bits per heavy atom. The van der Waals surface area contributed by atoms with Crippen LogP contribution in [0.1, 0.15) is 11.4 Å². The van der Waals surface area contributed by atoms with Crippen LogP contribution in [0.25, 0.3) is 11.2 Å². The molecule has 19 heavy (non-hydrogen) atoms. The van der Waals surface area contributed by atoms with Crippen molar-refractivity contribution in [3.8, 4) is 0 Å². The maximum atomic E-state index is 7.55. The lowest BCUT2D eigenvalue weighted by Gasteiger charge is -2.25. The molecule has 0 amide bonds. The number of aromatic amines is 1. The molecule has 0 bridgehead atoms. The molecule has 1 aliphatic heterocycles. The number of aromatic nitrogens is 3. The number of morpholine rings is 1. The Morgan fingerprint density at radius 2 is 2.26 bits per heavy atom. The number of ether oxygens (including phenoxy) is 1. The highest BCUT2D eigenvalue weighted by atomic mass is 16.5. The van der Waals surface area contributed by atoms with Crippen molar-refractivity contribution in [2.24, 2.45) is 5.73 Å². The summed E-state index contributed by atoms with van der Waals surface area (Å²) in [5.41, 5.74) is 7.54. The monoisotopic (exact) mass is 260 g/mol. The third-order valence-corrected chi connectivity index (χ3v) is 3.21. The molecular formula is C12H16N6O. The van der Waals surface area contributed by atoms with E-state index in [1.807, 2.05) is 0 Å². The Balaban J connectivity index is 1.88. The summed E-state index contributed by atoms with van der Waals surface area (Å²) < 4.78 is 5.32. The number of pyridine rings is 1. The second kappa shape index (κ2) is 4.94. The predicted molar refractivity (Wildman–Crippen MR) is 71.0 cm³/mol. The molecule has 2 aromatic heterocycles. The zero-order chi connectivity index (χ0) is 13.2. The van der Waals surface area contributed by atoms with Gasteiger partial charge in [-0.3, -0.25) is 10.3 Å². The average molecular weight is 260 g/mol. The minimum atomic E-state index is 0.0222. The summed E-state index contributed by atoms with van der Waals surface area (Å²) in [6.07, 6.45) is 1.62. The molecule has 0 saturated carbocycles. The standard InChI is InChI=1S/C12H16N6O/c13-11(14)8-1-2-15-12-10(8)16-9(17-12)7-18-3-5-19-6-4-18/h1-2H,3-7H2,(H3,13,14)(H,15,16,17). The Hall–Kier alpha value is -1.99. The van der Waals surface area contributed by atoms with Crippen LogP contribution in [0, 0.1) is 5.41 Å². The molecule has 1 saturated heterocycles. The van der Waals surface area contributed by atoms with Gasteiger partial charge < -0.3 is 15.5 Å². The van der Waals surface area contributed by atoms with Crippen molar-refractivity contribution in [2.45, 2.75) is 6.54 Å². The van der Waals surface area contributed by atoms with Gasteiger partial charge >= 0.3 is 0 Å². The van der Waals surface area contributed by atoms with Gasteiger partial charge in [-0.25, -0.2) is 9.97 Å². The summed E-state index contributed by atoms with van der Waals surface area (Å²) in [5.74, 6) is 0.868. The molecule has 0 atom stereocenters. The van der Waals surface area contributed by atoms with Crippen LogP contribution in [0.2, 0.25) is 0 Å². The van der Waals surface area contributed by atoms with Gasteiger partial charge in [0, 0.05) is 24.8 Å². The minimum Gasteiger partial charge on any atom is -0.384 e. The number of hydrogen-bond acceptors (Lipinski definition) is 5. The van der Waals surface area contributed by atoms with E-state index in [2.05, 4.69) is 19.9 Å². The van der Waals surface area contributed by atoms with Crippen molar-refractivity contribution in [3.05, 3.63) is 23.7 Å². The molecule has 0 radical (unpaired) electrons. The number of nitrogens with zero attached hydrogens (tertiary/aromatic N) is 3. The lowest BCUT2D eigenvalue weighted by Crippen LogP contribution is -2.35. The van der Waals surface area contributed by atoms with Crippen LogP contribution in [0.4, 0.5) is 0 Å². The van der Waals surface area contributed by atoms with E-state index in [-0.39, 0.29) is 5.84 Å². The van der Waals surface area contributed by atoms with Gasteiger partial charge in [-0.05, 0) is 6.07 Å². The van der Waals surface area contributed by atoms with Gasteiger partial charge in [-0.15, -0.1) is 0 Å². The van der Waals surface area contributed by atoms with E-state index in [1.165, 1.54) is 0 Å². The van der Waals surface area contributed by atoms with Gasteiger partial charge in [0.25, 0.3) is 0 Å². The van der Waals surface area contributed by atoms with Gasteiger partial charge in [0.15, 0.2) is 5.65 Å². The largest absolute Gasteiger partial charge is 0.384 e. The molecule has 1 fully saturated rings. The first kappa shape index (κ1) is 12.1. The highest BCUT2D eigenvalue weighted by molar-refractivity contribution is 6.04. The van der Waals surface area contributed by atoms with E-state index >= 15 is 0 Å². The maximum Gasteiger partial charge on any atom is 0.178 e. The normalized spacial score (nSPS) is 16.8.